The number of piperidine rings is 1. The van der Waals surface area contributed by atoms with Gasteiger partial charge in [-0.3, -0.25) is 0 Å². The van der Waals surface area contributed by atoms with Gasteiger partial charge in [-0.1, -0.05) is 6.42 Å². The quantitative estimate of drug-likeness (QED) is 0.743. The number of nitriles is 1. The molecule has 1 aliphatic carbocycles. The minimum Gasteiger partial charge on any atom is -0.326 e. The summed E-state index contributed by atoms with van der Waals surface area (Å²) in [5.74, 6) is 0.531. The van der Waals surface area contributed by atoms with Gasteiger partial charge in [0.1, 0.15) is 0 Å². The smallest absolute Gasteiger partial charge is 0.0727 e. The minimum atomic E-state index is -0.178. The third kappa shape index (κ3) is 1.89. The van der Waals surface area contributed by atoms with E-state index in [0.29, 0.717) is 5.92 Å². The van der Waals surface area contributed by atoms with Crippen molar-refractivity contribution in [1.82, 2.24) is 4.90 Å². The topological polar surface area (TPSA) is 53.0 Å². The third-order valence-corrected chi connectivity index (χ3v) is 4.28. The molecule has 1 heterocycles. The van der Waals surface area contributed by atoms with Crippen LogP contribution in [0.4, 0.5) is 0 Å². The van der Waals surface area contributed by atoms with Crippen molar-refractivity contribution in [3.8, 4) is 6.07 Å². The van der Waals surface area contributed by atoms with Gasteiger partial charge in [0, 0.05) is 12.6 Å². The Kier molecular flexibility index (Phi) is 2.99. The molecule has 1 saturated carbocycles. The van der Waals surface area contributed by atoms with E-state index in [4.69, 9.17) is 5.73 Å². The van der Waals surface area contributed by atoms with E-state index in [2.05, 4.69) is 18.0 Å². The molecule has 2 atom stereocenters. The second-order valence-electron chi connectivity index (χ2n) is 5.31. The highest BCUT2D eigenvalue weighted by atomic mass is 15.1. The van der Waals surface area contributed by atoms with Gasteiger partial charge in [0.05, 0.1) is 11.5 Å². The van der Waals surface area contributed by atoms with Crippen LogP contribution < -0.4 is 5.73 Å². The van der Waals surface area contributed by atoms with E-state index < -0.39 is 0 Å². The van der Waals surface area contributed by atoms with Gasteiger partial charge in [0.2, 0.25) is 0 Å². The highest BCUT2D eigenvalue weighted by molar-refractivity contribution is 5.12. The van der Waals surface area contributed by atoms with Gasteiger partial charge in [0.15, 0.2) is 0 Å². The lowest BCUT2D eigenvalue weighted by molar-refractivity contribution is 0.0868. The number of nitrogens with two attached hydrogens (primary N) is 1. The van der Waals surface area contributed by atoms with Crippen molar-refractivity contribution in [2.24, 2.45) is 17.1 Å². The van der Waals surface area contributed by atoms with Gasteiger partial charge in [0.25, 0.3) is 0 Å². The predicted molar refractivity (Wildman–Crippen MR) is 60.1 cm³/mol. The summed E-state index contributed by atoms with van der Waals surface area (Å²) in [6.07, 6.45) is 5.66. The first kappa shape index (κ1) is 10.9. The molecule has 2 rings (SSSR count). The van der Waals surface area contributed by atoms with Crippen molar-refractivity contribution in [1.29, 1.82) is 5.26 Å². The molecule has 0 radical (unpaired) electrons. The zero-order chi connectivity index (χ0) is 10.9. The van der Waals surface area contributed by atoms with E-state index in [9.17, 15) is 5.26 Å². The fourth-order valence-corrected chi connectivity index (χ4v) is 3.03. The lowest BCUT2D eigenvalue weighted by atomic mass is 9.61. The van der Waals surface area contributed by atoms with E-state index >= 15 is 0 Å². The fraction of sp³-hybridized carbons (Fsp3) is 0.917. The maximum Gasteiger partial charge on any atom is 0.0727 e. The van der Waals surface area contributed by atoms with Crippen LogP contribution in [-0.2, 0) is 0 Å². The van der Waals surface area contributed by atoms with Crippen molar-refractivity contribution in [2.75, 3.05) is 20.1 Å². The van der Waals surface area contributed by atoms with Gasteiger partial charge < -0.3 is 10.6 Å². The molecule has 3 heteroatoms. The minimum absolute atomic E-state index is 0.0963. The monoisotopic (exact) mass is 207 g/mol. The summed E-state index contributed by atoms with van der Waals surface area (Å²) in [4.78, 5) is 2.35. The summed E-state index contributed by atoms with van der Waals surface area (Å²) in [5.41, 5.74) is 6.13. The number of nitrogens with zero attached hydrogens (tertiary/aromatic N) is 2. The van der Waals surface area contributed by atoms with Crippen molar-refractivity contribution in [2.45, 2.75) is 38.1 Å². The Bertz CT molecular complexity index is 265. The van der Waals surface area contributed by atoms with Crippen molar-refractivity contribution < 1.29 is 0 Å². The Morgan fingerprint density at radius 1 is 1.47 bits per heavy atom. The van der Waals surface area contributed by atoms with Gasteiger partial charge in [-0.2, -0.15) is 5.26 Å². The molecule has 1 saturated heterocycles. The van der Waals surface area contributed by atoms with Crippen LogP contribution in [0.3, 0.4) is 0 Å². The molecule has 0 spiro atoms. The lowest BCUT2D eigenvalue weighted by Crippen LogP contribution is -2.53. The highest BCUT2D eigenvalue weighted by Gasteiger charge is 2.46. The Labute approximate surface area is 92.2 Å². The fourth-order valence-electron chi connectivity index (χ4n) is 3.03. The SMILES string of the molecule is CN1CCCC(C(N)C2(C#N)CCC2)C1. The summed E-state index contributed by atoms with van der Waals surface area (Å²) in [5, 5.41) is 9.26. The molecular weight excluding hydrogens is 186 g/mol. The maximum atomic E-state index is 9.26. The molecule has 2 aliphatic rings. The van der Waals surface area contributed by atoms with Crippen LogP contribution in [0.15, 0.2) is 0 Å². The zero-order valence-corrected chi connectivity index (χ0v) is 9.58. The van der Waals surface area contributed by atoms with Crippen LogP contribution >= 0.6 is 0 Å². The molecule has 0 aromatic heterocycles. The van der Waals surface area contributed by atoms with Crippen molar-refractivity contribution in [3.63, 3.8) is 0 Å². The normalized spacial score (nSPS) is 32.7. The molecule has 0 aromatic carbocycles. The molecule has 2 fully saturated rings. The second-order valence-corrected chi connectivity index (χ2v) is 5.31. The Morgan fingerprint density at radius 3 is 2.67 bits per heavy atom. The van der Waals surface area contributed by atoms with Crippen molar-refractivity contribution >= 4 is 0 Å². The first-order chi connectivity index (χ1) is 7.18. The summed E-state index contributed by atoms with van der Waals surface area (Å²) < 4.78 is 0. The van der Waals surface area contributed by atoms with Crippen LogP contribution in [0.5, 0.6) is 0 Å². The average molecular weight is 207 g/mol. The van der Waals surface area contributed by atoms with Crippen LogP contribution in [-0.4, -0.2) is 31.1 Å². The molecular formula is C12H21N3. The number of rotatable bonds is 2. The number of hydrogen-bond donors (Lipinski definition) is 1. The summed E-state index contributed by atoms with van der Waals surface area (Å²) in [6, 6.07) is 2.58. The van der Waals surface area contributed by atoms with E-state index in [1.54, 1.807) is 0 Å². The van der Waals surface area contributed by atoms with Crippen LogP contribution in [0.2, 0.25) is 0 Å². The molecule has 0 amide bonds. The maximum absolute atomic E-state index is 9.26. The molecule has 15 heavy (non-hydrogen) atoms. The predicted octanol–water partition coefficient (Wildman–Crippen LogP) is 1.35. The van der Waals surface area contributed by atoms with Gasteiger partial charge >= 0.3 is 0 Å². The number of likely N-dealkylation sites (tertiary alicyclic amines) is 1. The zero-order valence-electron chi connectivity index (χ0n) is 9.58. The lowest BCUT2D eigenvalue weighted by Gasteiger charge is -2.45. The summed E-state index contributed by atoms with van der Waals surface area (Å²) in [6.45, 7) is 2.26. The molecule has 2 N–H and O–H groups in total. The van der Waals surface area contributed by atoms with E-state index in [-0.39, 0.29) is 11.5 Å². The van der Waals surface area contributed by atoms with Crippen LogP contribution in [0.1, 0.15) is 32.1 Å². The molecule has 84 valence electrons. The van der Waals surface area contributed by atoms with Gasteiger partial charge in [-0.25, -0.2) is 0 Å². The average Bonchev–Trinajstić information content (AvgIpc) is 2.17. The third-order valence-electron chi connectivity index (χ3n) is 4.28. The first-order valence-electron chi connectivity index (χ1n) is 6.03. The standard InChI is InChI=1S/C12H21N3/c1-15-7-2-4-10(8-15)11(14)12(9-13)5-3-6-12/h10-11H,2-8,14H2,1H3. The first-order valence-corrected chi connectivity index (χ1v) is 6.03. The largest absolute Gasteiger partial charge is 0.326 e. The Morgan fingerprint density at radius 2 is 2.20 bits per heavy atom. The van der Waals surface area contributed by atoms with Gasteiger partial charge in [-0.15, -0.1) is 0 Å². The molecule has 3 nitrogen and oxygen atoms in total. The summed E-state index contributed by atoms with van der Waals surface area (Å²) >= 11 is 0. The van der Waals surface area contributed by atoms with E-state index in [1.165, 1.54) is 25.8 Å². The van der Waals surface area contributed by atoms with Crippen LogP contribution in [0.25, 0.3) is 0 Å². The number of hydrogen-bond acceptors (Lipinski definition) is 3. The second kappa shape index (κ2) is 4.11. The molecule has 2 unspecified atom stereocenters. The summed E-state index contributed by atoms with van der Waals surface area (Å²) in [7, 11) is 2.15. The Hall–Kier alpha value is -0.590. The van der Waals surface area contributed by atoms with Crippen molar-refractivity contribution in [3.05, 3.63) is 0 Å². The van der Waals surface area contributed by atoms with Crippen LogP contribution in [0, 0.1) is 22.7 Å². The molecule has 1 aliphatic heterocycles. The highest BCUT2D eigenvalue weighted by Crippen LogP contribution is 2.45. The van der Waals surface area contributed by atoms with Gasteiger partial charge in [-0.05, 0) is 45.2 Å². The molecule has 0 bridgehead atoms. The van der Waals surface area contributed by atoms with E-state index in [0.717, 1.165) is 19.4 Å². The van der Waals surface area contributed by atoms with E-state index in [1.807, 2.05) is 0 Å². The Balaban J connectivity index is 2.00. The molecule has 0 aromatic rings.